The zero-order chi connectivity index (χ0) is 27.9. The van der Waals surface area contributed by atoms with Gasteiger partial charge < -0.3 is 25.4 Å². The molecule has 0 atom stereocenters. The standard InChI is InChI=1S/C18H18N4O2.C10H12N4O/c1-23-16-10-6-5-9-14(16)11-20-17(19)22-18-21-15(12-24-18)13-7-3-2-4-8-13;1-15-9-5-3-2-4-8(9)6-13-10(12)14-7-11/h2-10,12H,11H2,1H3,(H3,19,20,21,22);2-5H,6H2,1H3,(H3,12,13,14). The SMILES string of the molecule is COc1ccccc1CN=C(N)NC#N.COc1ccccc1CN=C(N)Nc1nc(-c2ccccc2)co1. The second kappa shape index (κ2) is 14.9. The average molecular weight is 527 g/mol. The molecule has 0 saturated carbocycles. The van der Waals surface area contributed by atoms with Crippen molar-refractivity contribution in [2.45, 2.75) is 13.1 Å². The van der Waals surface area contributed by atoms with Crippen molar-refractivity contribution in [2.75, 3.05) is 19.5 Å². The van der Waals surface area contributed by atoms with Crippen LogP contribution in [0.3, 0.4) is 0 Å². The van der Waals surface area contributed by atoms with Crippen molar-refractivity contribution in [1.29, 1.82) is 5.26 Å². The number of nitrogens with two attached hydrogens (primary N) is 2. The molecule has 1 heterocycles. The Morgan fingerprint density at radius 2 is 1.38 bits per heavy atom. The first-order valence-electron chi connectivity index (χ1n) is 11.8. The van der Waals surface area contributed by atoms with Gasteiger partial charge in [-0.25, -0.2) is 9.98 Å². The van der Waals surface area contributed by atoms with E-state index in [1.54, 1.807) is 26.7 Å². The van der Waals surface area contributed by atoms with E-state index in [0.29, 0.717) is 19.1 Å². The van der Waals surface area contributed by atoms with Crippen LogP contribution in [-0.2, 0) is 13.1 Å². The highest BCUT2D eigenvalue weighted by atomic mass is 16.5. The summed E-state index contributed by atoms with van der Waals surface area (Å²) in [6.45, 7) is 0.777. The minimum atomic E-state index is 0.100. The summed E-state index contributed by atoms with van der Waals surface area (Å²) in [6.07, 6.45) is 3.27. The Morgan fingerprint density at radius 3 is 1.95 bits per heavy atom. The fourth-order valence-corrected chi connectivity index (χ4v) is 3.33. The lowest BCUT2D eigenvalue weighted by Gasteiger charge is -2.06. The van der Waals surface area contributed by atoms with Crippen LogP contribution in [-0.4, -0.2) is 31.1 Å². The van der Waals surface area contributed by atoms with E-state index in [4.69, 9.17) is 30.6 Å². The third-order valence-corrected chi connectivity index (χ3v) is 5.22. The predicted molar refractivity (Wildman–Crippen MR) is 151 cm³/mol. The number of oxazole rings is 1. The number of aliphatic imine (C=N–C) groups is 2. The summed E-state index contributed by atoms with van der Waals surface area (Å²) >= 11 is 0. The lowest BCUT2D eigenvalue weighted by molar-refractivity contribution is 0.410. The van der Waals surface area contributed by atoms with Crippen molar-refractivity contribution in [3.8, 4) is 28.9 Å². The van der Waals surface area contributed by atoms with Crippen LogP contribution in [0.25, 0.3) is 11.3 Å². The Balaban J connectivity index is 0.000000242. The maximum absolute atomic E-state index is 8.29. The lowest BCUT2D eigenvalue weighted by Crippen LogP contribution is -2.27. The van der Waals surface area contributed by atoms with Gasteiger partial charge in [-0.05, 0) is 12.1 Å². The minimum Gasteiger partial charge on any atom is -0.496 e. The molecule has 4 rings (SSSR count). The summed E-state index contributed by atoms with van der Waals surface area (Å²) in [5.41, 5.74) is 14.9. The zero-order valence-electron chi connectivity index (χ0n) is 21.7. The molecule has 0 fully saturated rings. The van der Waals surface area contributed by atoms with Crippen molar-refractivity contribution in [3.05, 3.63) is 96.3 Å². The van der Waals surface area contributed by atoms with Gasteiger partial charge in [0.25, 0.3) is 0 Å². The van der Waals surface area contributed by atoms with Gasteiger partial charge in [0, 0.05) is 16.7 Å². The largest absolute Gasteiger partial charge is 0.496 e. The zero-order valence-corrected chi connectivity index (χ0v) is 21.7. The highest BCUT2D eigenvalue weighted by molar-refractivity contribution is 5.90. The Morgan fingerprint density at radius 1 is 0.846 bits per heavy atom. The van der Waals surface area contributed by atoms with E-state index in [9.17, 15) is 0 Å². The van der Waals surface area contributed by atoms with Gasteiger partial charge in [-0.2, -0.15) is 10.2 Å². The van der Waals surface area contributed by atoms with Gasteiger partial charge in [0.05, 0.1) is 27.3 Å². The molecule has 11 nitrogen and oxygen atoms in total. The second-order valence-electron chi connectivity index (χ2n) is 7.79. The highest BCUT2D eigenvalue weighted by Gasteiger charge is 2.07. The summed E-state index contributed by atoms with van der Waals surface area (Å²) in [4.78, 5) is 12.6. The van der Waals surface area contributed by atoms with Crippen molar-refractivity contribution < 1.29 is 13.9 Å². The molecule has 0 saturated heterocycles. The first-order valence-corrected chi connectivity index (χ1v) is 11.8. The number of methoxy groups -OCH3 is 2. The van der Waals surface area contributed by atoms with E-state index in [1.807, 2.05) is 78.9 Å². The number of hydrogen-bond donors (Lipinski definition) is 4. The van der Waals surface area contributed by atoms with Crippen LogP contribution < -0.4 is 31.6 Å². The lowest BCUT2D eigenvalue weighted by atomic mass is 10.2. The van der Waals surface area contributed by atoms with Crippen LogP contribution >= 0.6 is 0 Å². The molecular formula is C28H30N8O3. The molecule has 1 aromatic heterocycles. The number of nitrogens with zero attached hydrogens (tertiary/aromatic N) is 4. The third kappa shape index (κ3) is 8.83. The number of rotatable bonds is 8. The molecule has 0 aliphatic carbocycles. The van der Waals surface area contributed by atoms with Gasteiger partial charge in [0.2, 0.25) is 5.96 Å². The molecule has 39 heavy (non-hydrogen) atoms. The van der Waals surface area contributed by atoms with Crippen molar-refractivity contribution in [3.63, 3.8) is 0 Å². The molecule has 4 aromatic rings. The summed E-state index contributed by atoms with van der Waals surface area (Å²) in [7, 11) is 3.22. The monoisotopic (exact) mass is 526 g/mol. The van der Waals surface area contributed by atoms with E-state index < -0.39 is 0 Å². The number of nitriles is 1. The van der Waals surface area contributed by atoms with Crippen LogP contribution in [0.5, 0.6) is 11.5 Å². The van der Waals surface area contributed by atoms with Gasteiger partial charge in [0.1, 0.15) is 23.5 Å². The molecule has 0 aliphatic heterocycles. The van der Waals surface area contributed by atoms with Crippen molar-refractivity contribution in [1.82, 2.24) is 10.3 Å². The van der Waals surface area contributed by atoms with Crippen LogP contribution in [0.4, 0.5) is 6.01 Å². The number of nitrogens with one attached hydrogen (secondary N) is 2. The summed E-state index contributed by atoms with van der Waals surface area (Å²) < 4.78 is 15.8. The van der Waals surface area contributed by atoms with Crippen molar-refractivity contribution in [2.24, 2.45) is 21.5 Å². The van der Waals surface area contributed by atoms with Gasteiger partial charge in [-0.3, -0.25) is 10.6 Å². The second-order valence-corrected chi connectivity index (χ2v) is 7.79. The molecule has 11 heteroatoms. The maximum Gasteiger partial charge on any atom is 0.302 e. The number of benzene rings is 3. The summed E-state index contributed by atoms with van der Waals surface area (Å²) in [5.74, 6) is 1.85. The Hall–Kier alpha value is -5.50. The highest BCUT2D eigenvalue weighted by Crippen LogP contribution is 2.21. The molecule has 0 bridgehead atoms. The number of para-hydroxylation sites is 2. The third-order valence-electron chi connectivity index (χ3n) is 5.22. The normalized spacial score (nSPS) is 11.0. The fraction of sp³-hybridized carbons (Fsp3) is 0.143. The smallest absolute Gasteiger partial charge is 0.302 e. The Kier molecular flexibility index (Phi) is 10.7. The molecule has 6 N–H and O–H groups in total. The number of hydrogen-bond acceptors (Lipinski definition) is 7. The van der Waals surface area contributed by atoms with E-state index in [2.05, 4.69) is 25.6 Å². The average Bonchev–Trinajstić information content (AvgIpc) is 3.44. The number of ether oxygens (including phenoxy) is 2. The molecular weight excluding hydrogens is 496 g/mol. The van der Waals surface area contributed by atoms with Gasteiger partial charge in [-0.1, -0.05) is 66.7 Å². The molecule has 0 unspecified atom stereocenters. The van der Waals surface area contributed by atoms with Crippen LogP contribution in [0.15, 0.2) is 99.5 Å². The van der Waals surface area contributed by atoms with Crippen LogP contribution in [0.2, 0.25) is 0 Å². The van der Waals surface area contributed by atoms with E-state index in [0.717, 1.165) is 33.9 Å². The molecule has 0 aliphatic rings. The maximum atomic E-state index is 8.29. The van der Waals surface area contributed by atoms with Gasteiger partial charge in [0.15, 0.2) is 12.2 Å². The first-order chi connectivity index (χ1) is 19.0. The topological polar surface area (TPSA) is 169 Å². The van der Waals surface area contributed by atoms with Crippen molar-refractivity contribution >= 4 is 17.9 Å². The van der Waals surface area contributed by atoms with E-state index in [1.165, 1.54) is 0 Å². The number of guanidine groups is 2. The molecule has 200 valence electrons. The molecule has 3 aromatic carbocycles. The van der Waals surface area contributed by atoms with Crippen LogP contribution in [0, 0.1) is 11.5 Å². The molecule has 0 amide bonds. The van der Waals surface area contributed by atoms with Gasteiger partial charge >= 0.3 is 6.01 Å². The first kappa shape index (κ1) is 28.1. The quantitative estimate of drug-likeness (QED) is 0.115. The fourth-order valence-electron chi connectivity index (χ4n) is 3.33. The number of aromatic nitrogens is 1. The Bertz CT molecular complexity index is 1430. The predicted octanol–water partition coefficient (Wildman–Crippen LogP) is 3.86. The summed E-state index contributed by atoms with van der Waals surface area (Å²) in [6, 6.07) is 25.2. The minimum absolute atomic E-state index is 0.100. The molecule has 0 radical (unpaired) electrons. The van der Waals surface area contributed by atoms with E-state index >= 15 is 0 Å². The Labute approximate surface area is 226 Å². The van der Waals surface area contributed by atoms with Crippen LogP contribution in [0.1, 0.15) is 11.1 Å². The molecule has 0 spiro atoms. The van der Waals surface area contributed by atoms with E-state index in [-0.39, 0.29) is 11.9 Å². The summed E-state index contributed by atoms with van der Waals surface area (Å²) in [5, 5.41) is 13.4. The van der Waals surface area contributed by atoms with Gasteiger partial charge in [-0.15, -0.1) is 0 Å². The number of anilines is 1.